The number of hydrogen-bond donors (Lipinski definition) is 1. The highest BCUT2D eigenvalue weighted by Crippen LogP contribution is 2.30. The minimum absolute atomic E-state index is 0.170. The zero-order valence-electron chi connectivity index (χ0n) is 16.0. The third kappa shape index (κ3) is 4.25. The highest BCUT2D eigenvalue weighted by molar-refractivity contribution is 8.00. The van der Waals surface area contributed by atoms with Gasteiger partial charge in [0, 0.05) is 11.8 Å². The molecule has 3 rings (SSSR count). The maximum atomic E-state index is 12.6. The van der Waals surface area contributed by atoms with Gasteiger partial charge in [0.2, 0.25) is 11.1 Å². The average Bonchev–Trinajstić information content (AvgIpc) is 3.15. The maximum Gasteiger partial charge on any atom is 0.237 e. The van der Waals surface area contributed by atoms with Crippen molar-refractivity contribution in [2.24, 2.45) is 0 Å². The Morgan fingerprint density at radius 2 is 1.89 bits per heavy atom. The van der Waals surface area contributed by atoms with Gasteiger partial charge in [0.25, 0.3) is 0 Å². The first kappa shape index (κ1) is 19.7. The summed E-state index contributed by atoms with van der Waals surface area (Å²) in [7, 11) is 3.11. The van der Waals surface area contributed by atoms with Gasteiger partial charge < -0.3 is 14.8 Å². The average molecular weight is 399 g/mol. The second-order valence-corrected chi connectivity index (χ2v) is 7.29. The van der Waals surface area contributed by atoms with Gasteiger partial charge in [-0.05, 0) is 48.0 Å². The summed E-state index contributed by atoms with van der Waals surface area (Å²) in [5.74, 6) is 0.973. The molecule has 0 unspecified atom stereocenters. The number of thioether (sulfide) groups is 1. The Hall–Kier alpha value is -3.07. The van der Waals surface area contributed by atoms with E-state index in [1.165, 1.54) is 11.8 Å². The van der Waals surface area contributed by atoms with Crippen LogP contribution in [-0.4, -0.2) is 45.6 Å². The topological polar surface area (TPSA) is 91.2 Å². The molecule has 0 fully saturated rings. The molecule has 0 aliphatic carbocycles. The maximum absolute atomic E-state index is 12.6. The molecular weight excluding hydrogens is 378 g/mol. The molecule has 1 N–H and O–H groups in total. The number of para-hydroxylation sites is 1. The number of aromatic nitrogens is 4. The van der Waals surface area contributed by atoms with Crippen LogP contribution in [0.4, 0.5) is 5.69 Å². The fraction of sp³-hybridized carbons (Fsp3) is 0.263. The zero-order valence-corrected chi connectivity index (χ0v) is 16.9. The molecule has 3 aromatic rings. The van der Waals surface area contributed by atoms with Crippen molar-refractivity contribution >= 4 is 23.4 Å². The van der Waals surface area contributed by atoms with Gasteiger partial charge in [-0.2, -0.15) is 4.68 Å². The summed E-state index contributed by atoms with van der Waals surface area (Å²) in [4.78, 5) is 12.6. The molecule has 1 amide bonds. The van der Waals surface area contributed by atoms with E-state index in [4.69, 9.17) is 9.47 Å². The summed E-state index contributed by atoms with van der Waals surface area (Å²) in [5, 5.41) is 14.9. The SMILES string of the molecule is COc1ccc(NC(=O)[C@@H](C)Sc2nnnn2-c2ccccc2C)cc1OC. The number of methoxy groups -OCH3 is 2. The molecule has 1 heterocycles. The molecule has 0 saturated heterocycles. The van der Waals surface area contributed by atoms with E-state index >= 15 is 0 Å². The van der Waals surface area contributed by atoms with Gasteiger partial charge in [0.1, 0.15) is 0 Å². The van der Waals surface area contributed by atoms with E-state index in [0.717, 1.165) is 11.3 Å². The van der Waals surface area contributed by atoms with Crippen LogP contribution in [0, 0.1) is 6.92 Å². The monoisotopic (exact) mass is 399 g/mol. The minimum atomic E-state index is -0.415. The van der Waals surface area contributed by atoms with Crippen molar-refractivity contribution in [3.05, 3.63) is 48.0 Å². The van der Waals surface area contributed by atoms with Crippen LogP contribution in [0.15, 0.2) is 47.6 Å². The fourth-order valence-electron chi connectivity index (χ4n) is 2.57. The molecule has 146 valence electrons. The van der Waals surface area contributed by atoms with Crippen molar-refractivity contribution in [1.29, 1.82) is 0 Å². The number of nitrogens with zero attached hydrogens (tertiary/aromatic N) is 4. The molecule has 2 aromatic carbocycles. The van der Waals surface area contributed by atoms with Gasteiger partial charge in [0.05, 0.1) is 25.2 Å². The fourth-order valence-corrected chi connectivity index (χ4v) is 3.37. The first-order valence-electron chi connectivity index (χ1n) is 8.57. The van der Waals surface area contributed by atoms with Crippen molar-refractivity contribution in [3.63, 3.8) is 0 Å². The van der Waals surface area contributed by atoms with Crippen molar-refractivity contribution in [1.82, 2.24) is 20.2 Å². The van der Waals surface area contributed by atoms with Gasteiger partial charge >= 0.3 is 0 Å². The predicted octanol–water partition coefficient (Wildman–Crippen LogP) is 3.11. The zero-order chi connectivity index (χ0) is 20.1. The lowest BCUT2D eigenvalue weighted by molar-refractivity contribution is -0.115. The number of anilines is 1. The number of hydrogen-bond acceptors (Lipinski definition) is 7. The van der Waals surface area contributed by atoms with Crippen LogP contribution in [0.5, 0.6) is 11.5 Å². The van der Waals surface area contributed by atoms with Crippen molar-refractivity contribution < 1.29 is 14.3 Å². The number of carbonyl (C=O) groups excluding carboxylic acids is 1. The van der Waals surface area contributed by atoms with E-state index in [2.05, 4.69) is 20.8 Å². The number of tetrazole rings is 1. The number of amides is 1. The molecule has 9 heteroatoms. The first-order chi connectivity index (χ1) is 13.5. The minimum Gasteiger partial charge on any atom is -0.493 e. The Balaban J connectivity index is 1.72. The summed E-state index contributed by atoms with van der Waals surface area (Å²) >= 11 is 1.28. The van der Waals surface area contributed by atoms with E-state index in [1.54, 1.807) is 44.0 Å². The molecule has 0 saturated carbocycles. The Labute approximate surface area is 167 Å². The summed E-state index contributed by atoms with van der Waals surface area (Å²) in [6.45, 7) is 3.79. The van der Waals surface area contributed by atoms with Crippen molar-refractivity contribution in [2.75, 3.05) is 19.5 Å². The Bertz CT molecular complexity index is 976. The van der Waals surface area contributed by atoms with Crippen LogP contribution >= 0.6 is 11.8 Å². The smallest absolute Gasteiger partial charge is 0.237 e. The normalized spacial score (nSPS) is 11.7. The Morgan fingerprint density at radius 1 is 1.14 bits per heavy atom. The van der Waals surface area contributed by atoms with Crippen LogP contribution < -0.4 is 14.8 Å². The third-order valence-electron chi connectivity index (χ3n) is 4.09. The molecule has 0 radical (unpaired) electrons. The highest BCUT2D eigenvalue weighted by Gasteiger charge is 2.20. The lowest BCUT2D eigenvalue weighted by atomic mass is 10.2. The number of ether oxygens (including phenoxy) is 2. The van der Waals surface area contributed by atoms with Crippen LogP contribution in [0.1, 0.15) is 12.5 Å². The van der Waals surface area contributed by atoms with Gasteiger partial charge in [0.15, 0.2) is 11.5 Å². The van der Waals surface area contributed by atoms with E-state index < -0.39 is 5.25 Å². The van der Waals surface area contributed by atoms with E-state index in [1.807, 2.05) is 31.2 Å². The second-order valence-electron chi connectivity index (χ2n) is 5.98. The molecule has 0 aliphatic heterocycles. The molecular formula is C19H21N5O3S. The van der Waals surface area contributed by atoms with E-state index in [0.29, 0.717) is 22.3 Å². The Kier molecular flexibility index (Phi) is 6.15. The lowest BCUT2D eigenvalue weighted by Gasteiger charge is -2.14. The molecule has 1 aromatic heterocycles. The summed E-state index contributed by atoms with van der Waals surface area (Å²) < 4.78 is 12.1. The molecule has 28 heavy (non-hydrogen) atoms. The van der Waals surface area contributed by atoms with Crippen LogP contribution in [0.2, 0.25) is 0 Å². The largest absolute Gasteiger partial charge is 0.493 e. The molecule has 0 spiro atoms. The lowest BCUT2D eigenvalue weighted by Crippen LogP contribution is -2.23. The van der Waals surface area contributed by atoms with E-state index in [-0.39, 0.29) is 5.91 Å². The van der Waals surface area contributed by atoms with Crippen LogP contribution in [0.3, 0.4) is 0 Å². The van der Waals surface area contributed by atoms with Crippen LogP contribution in [0.25, 0.3) is 5.69 Å². The van der Waals surface area contributed by atoms with E-state index in [9.17, 15) is 4.79 Å². The van der Waals surface area contributed by atoms with Gasteiger partial charge in [-0.1, -0.05) is 30.0 Å². The molecule has 1 atom stereocenters. The number of aryl methyl sites for hydroxylation is 1. The first-order valence-corrected chi connectivity index (χ1v) is 9.45. The summed E-state index contributed by atoms with van der Waals surface area (Å²) in [5.41, 5.74) is 2.54. The number of carbonyl (C=O) groups is 1. The van der Waals surface area contributed by atoms with Crippen molar-refractivity contribution in [2.45, 2.75) is 24.3 Å². The quantitative estimate of drug-likeness (QED) is 0.610. The van der Waals surface area contributed by atoms with Gasteiger partial charge in [-0.3, -0.25) is 4.79 Å². The Morgan fingerprint density at radius 3 is 2.61 bits per heavy atom. The second kappa shape index (κ2) is 8.75. The number of nitrogens with one attached hydrogen (secondary N) is 1. The summed E-state index contributed by atoms with van der Waals surface area (Å²) in [6.07, 6.45) is 0. The number of benzene rings is 2. The van der Waals surface area contributed by atoms with Gasteiger partial charge in [-0.25, -0.2) is 0 Å². The standard InChI is InChI=1S/C19H21N5O3S/c1-12-7-5-6-8-15(12)24-19(21-22-23-24)28-13(2)18(25)20-14-9-10-16(26-3)17(11-14)27-4/h5-11,13H,1-4H3,(H,20,25)/t13-/m1/s1. The molecule has 8 nitrogen and oxygen atoms in total. The third-order valence-corrected chi connectivity index (χ3v) is 5.12. The number of rotatable bonds is 7. The van der Waals surface area contributed by atoms with Crippen molar-refractivity contribution in [3.8, 4) is 17.2 Å². The van der Waals surface area contributed by atoms with Gasteiger partial charge in [-0.15, -0.1) is 5.10 Å². The van der Waals surface area contributed by atoms with Crippen LogP contribution in [-0.2, 0) is 4.79 Å². The molecule has 0 bridgehead atoms. The predicted molar refractivity (Wildman–Crippen MR) is 107 cm³/mol. The molecule has 0 aliphatic rings. The highest BCUT2D eigenvalue weighted by atomic mass is 32.2. The summed E-state index contributed by atoms with van der Waals surface area (Å²) in [6, 6.07) is 13.0.